The number of carbonyl (C=O) groups excluding carboxylic acids is 1. The summed E-state index contributed by atoms with van der Waals surface area (Å²) in [5, 5.41) is 9.31. The predicted molar refractivity (Wildman–Crippen MR) is 97.6 cm³/mol. The molecule has 25 heavy (non-hydrogen) atoms. The average Bonchev–Trinajstić information content (AvgIpc) is 3.18. The van der Waals surface area contributed by atoms with Crippen LogP contribution in [0.5, 0.6) is 0 Å². The number of rotatable bonds is 4. The van der Waals surface area contributed by atoms with Crippen LogP contribution in [-0.4, -0.2) is 43.5 Å². The van der Waals surface area contributed by atoms with Crippen LogP contribution < -0.4 is 0 Å². The Labute approximate surface area is 153 Å². The number of hydrogen-bond donors (Lipinski definition) is 0. The van der Waals surface area contributed by atoms with Crippen LogP contribution in [0.2, 0.25) is 5.02 Å². The fourth-order valence-electron chi connectivity index (χ4n) is 3.77. The molecule has 0 aromatic carbocycles. The molecule has 1 fully saturated rings. The van der Waals surface area contributed by atoms with Crippen molar-refractivity contribution < 1.29 is 4.79 Å². The van der Waals surface area contributed by atoms with Crippen molar-refractivity contribution in [2.24, 2.45) is 19.5 Å². The molecule has 0 N–H and O–H groups in total. The van der Waals surface area contributed by atoms with E-state index in [0.717, 1.165) is 24.4 Å². The Hall–Kier alpha value is -1.82. The Kier molecular flexibility index (Phi) is 4.66. The Morgan fingerprint density at radius 2 is 2.12 bits per heavy atom. The summed E-state index contributed by atoms with van der Waals surface area (Å²) in [5.41, 5.74) is 2.85. The van der Waals surface area contributed by atoms with E-state index >= 15 is 0 Å². The second kappa shape index (κ2) is 6.48. The highest BCUT2D eigenvalue weighted by Gasteiger charge is 2.42. The van der Waals surface area contributed by atoms with Gasteiger partial charge >= 0.3 is 0 Å². The van der Waals surface area contributed by atoms with Crippen LogP contribution in [0.4, 0.5) is 0 Å². The van der Waals surface area contributed by atoms with Crippen LogP contribution in [0.25, 0.3) is 0 Å². The van der Waals surface area contributed by atoms with Crippen molar-refractivity contribution in [3.05, 3.63) is 34.4 Å². The van der Waals surface area contributed by atoms with E-state index in [9.17, 15) is 4.79 Å². The van der Waals surface area contributed by atoms with Gasteiger partial charge in [0.25, 0.3) is 0 Å². The van der Waals surface area contributed by atoms with Gasteiger partial charge in [0.1, 0.15) is 0 Å². The smallest absolute Gasteiger partial charge is 0.228 e. The van der Waals surface area contributed by atoms with Gasteiger partial charge < -0.3 is 4.90 Å². The summed E-state index contributed by atoms with van der Waals surface area (Å²) in [4.78, 5) is 14.8. The molecular formula is C18H26ClN5O. The molecule has 7 heteroatoms. The summed E-state index contributed by atoms with van der Waals surface area (Å²) in [6.45, 7) is 7.89. The van der Waals surface area contributed by atoms with Crippen LogP contribution >= 0.6 is 11.6 Å². The number of likely N-dealkylation sites (tertiary alicyclic amines) is 1. The zero-order valence-electron chi connectivity index (χ0n) is 15.6. The third-order valence-corrected chi connectivity index (χ3v) is 5.68. The van der Waals surface area contributed by atoms with E-state index in [1.54, 1.807) is 4.68 Å². The molecule has 1 saturated heterocycles. The fourth-order valence-corrected chi connectivity index (χ4v) is 4.13. The Morgan fingerprint density at radius 1 is 1.40 bits per heavy atom. The van der Waals surface area contributed by atoms with Crippen LogP contribution in [0.1, 0.15) is 43.6 Å². The van der Waals surface area contributed by atoms with Gasteiger partial charge in [0, 0.05) is 39.3 Å². The van der Waals surface area contributed by atoms with Crippen LogP contribution in [0, 0.1) is 5.41 Å². The zero-order valence-corrected chi connectivity index (χ0v) is 16.3. The molecule has 0 spiro atoms. The van der Waals surface area contributed by atoms with Crippen molar-refractivity contribution in [1.82, 2.24) is 24.5 Å². The lowest BCUT2D eigenvalue weighted by Crippen LogP contribution is -2.32. The molecule has 0 radical (unpaired) electrons. The lowest BCUT2D eigenvalue weighted by Gasteiger charge is -2.24. The maximum atomic E-state index is 12.9. The van der Waals surface area contributed by atoms with Gasteiger partial charge in [-0.15, -0.1) is 0 Å². The molecule has 1 amide bonds. The summed E-state index contributed by atoms with van der Waals surface area (Å²) in [6, 6.07) is 0. The predicted octanol–water partition coefficient (Wildman–Crippen LogP) is 2.56. The first-order chi connectivity index (χ1) is 11.7. The van der Waals surface area contributed by atoms with Crippen LogP contribution in [0.15, 0.2) is 12.4 Å². The molecule has 1 aliphatic heterocycles. The molecule has 3 heterocycles. The summed E-state index contributed by atoms with van der Waals surface area (Å²) < 4.78 is 3.55. The maximum Gasteiger partial charge on any atom is 0.228 e. The number of halogens is 1. The first kappa shape index (κ1) is 18.0. The molecule has 6 nitrogen and oxygen atoms in total. The molecular weight excluding hydrogens is 338 g/mol. The topological polar surface area (TPSA) is 56.0 Å². The number of amides is 1. The summed E-state index contributed by atoms with van der Waals surface area (Å²) >= 11 is 6.40. The lowest BCUT2D eigenvalue weighted by molar-refractivity contribution is -0.129. The molecule has 2 aromatic heterocycles. The third kappa shape index (κ3) is 3.32. The Bertz CT molecular complexity index is 791. The van der Waals surface area contributed by atoms with Crippen molar-refractivity contribution in [1.29, 1.82) is 0 Å². The molecule has 3 rings (SSSR count). The summed E-state index contributed by atoms with van der Waals surface area (Å²) in [7, 11) is 3.77. The van der Waals surface area contributed by atoms with Crippen molar-refractivity contribution in [3.8, 4) is 0 Å². The van der Waals surface area contributed by atoms with E-state index in [1.165, 1.54) is 5.56 Å². The van der Waals surface area contributed by atoms with Crippen molar-refractivity contribution >= 4 is 17.5 Å². The van der Waals surface area contributed by atoms with Crippen LogP contribution in [-0.2, 0) is 31.7 Å². The fraction of sp³-hybridized carbons (Fsp3) is 0.611. The quantitative estimate of drug-likeness (QED) is 0.838. The molecule has 0 aliphatic carbocycles. The van der Waals surface area contributed by atoms with Gasteiger partial charge in [0.2, 0.25) is 5.91 Å². The van der Waals surface area contributed by atoms with E-state index in [4.69, 9.17) is 11.6 Å². The Morgan fingerprint density at radius 3 is 2.68 bits per heavy atom. The highest BCUT2D eigenvalue weighted by atomic mass is 35.5. The number of hydrogen-bond acceptors (Lipinski definition) is 3. The van der Waals surface area contributed by atoms with Gasteiger partial charge in [-0.25, -0.2) is 0 Å². The van der Waals surface area contributed by atoms with Crippen molar-refractivity contribution in [2.45, 2.75) is 39.5 Å². The van der Waals surface area contributed by atoms with Gasteiger partial charge in [-0.2, -0.15) is 10.2 Å². The lowest BCUT2D eigenvalue weighted by atomic mass is 9.79. The van der Waals surface area contributed by atoms with Crippen molar-refractivity contribution in [3.63, 3.8) is 0 Å². The van der Waals surface area contributed by atoms with Crippen molar-refractivity contribution in [2.75, 3.05) is 13.1 Å². The minimum atomic E-state index is 0.0174. The largest absolute Gasteiger partial charge is 0.341 e. The standard InChI is InChI=1S/C18H26ClN5O/c1-6-14-17(19)15(23(5)21-14)7-16(25)24-10-13(18(2,3)11-24)12-8-20-22(4)9-12/h8-9,13H,6-7,10-11H2,1-5H3. The number of aromatic nitrogens is 4. The summed E-state index contributed by atoms with van der Waals surface area (Å²) in [6.07, 6.45) is 5.01. The molecule has 0 saturated carbocycles. The third-order valence-electron chi connectivity index (χ3n) is 5.25. The minimum absolute atomic E-state index is 0.0174. The first-order valence-corrected chi connectivity index (χ1v) is 9.07. The second-order valence-corrected chi connectivity index (χ2v) is 8.00. The molecule has 0 bridgehead atoms. The molecule has 2 aromatic rings. The van der Waals surface area contributed by atoms with Gasteiger partial charge in [-0.05, 0) is 17.4 Å². The Balaban J connectivity index is 1.77. The molecule has 1 atom stereocenters. The monoisotopic (exact) mass is 363 g/mol. The molecule has 1 aliphatic rings. The zero-order chi connectivity index (χ0) is 18.4. The maximum absolute atomic E-state index is 12.9. The molecule has 1 unspecified atom stereocenters. The second-order valence-electron chi connectivity index (χ2n) is 7.62. The van der Waals surface area contributed by atoms with Gasteiger partial charge in [-0.1, -0.05) is 32.4 Å². The molecule has 136 valence electrons. The number of aryl methyl sites for hydroxylation is 3. The van der Waals surface area contributed by atoms with E-state index < -0.39 is 0 Å². The highest BCUT2D eigenvalue weighted by molar-refractivity contribution is 6.32. The average molecular weight is 364 g/mol. The summed E-state index contributed by atoms with van der Waals surface area (Å²) in [5.74, 6) is 0.394. The van der Waals surface area contributed by atoms with E-state index in [0.29, 0.717) is 17.5 Å². The van der Waals surface area contributed by atoms with Gasteiger partial charge in [0.15, 0.2) is 0 Å². The number of nitrogens with zero attached hydrogens (tertiary/aromatic N) is 5. The van der Waals surface area contributed by atoms with E-state index in [1.807, 2.05) is 43.0 Å². The normalized spacial score (nSPS) is 19.6. The van der Waals surface area contributed by atoms with E-state index in [2.05, 4.69) is 24.0 Å². The number of carbonyl (C=O) groups is 1. The minimum Gasteiger partial charge on any atom is -0.341 e. The SMILES string of the molecule is CCc1nn(C)c(CC(=O)N2CC(c3cnn(C)c3)C(C)(C)C2)c1Cl. The van der Waals surface area contributed by atoms with E-state index in [-0.39, 0.29) is 17.7 Å². The van der Waals surface area contributed by atoms with Gasteiger partial charge in [0.05, 0.1) is 29.0 Å². The van der Waals surface area contributed by atoms with Gasteiger partial charge in [-0.3, -0.25) is 14.2 Å². The highest BCUT2D eigenvalue weighted by Crippen LogP contribution is 2.42. The first-order valence-electron chi connectivity index (χ1n) is 8.69. The van der Waals surface area contributed by atoms with Crippen LogP contribution in [0.3, 0.4) is 0 Å².